The Hall–Kier alpha value is -1.35. The summed E-state index contributed by atoms with van der Waals surface area (Å²) in [6.07, 6.45) is 4.28. The minimum absolute atomic E-state index is 0.555. The number of nitrogens with one attached hydrogen (secondary N) is 1. The minimum Gasteiger partial charge on any atom is -0.480 e. The Labute approximate surface area is 108 Å². The molecule has 1 atom stereocenters. The van der Waals surface area contributed by atoms with Crippen LogP contribution in [-0.2, 0) is 10.3 Å². The monoisotopic (exact) mass is 247 g/mol. The van der Waals surface area contributed by atoms with E-state index in [1.807, 2.05) is 37.3 Å². The van der Waals surface area contributed by atoms with Gasteiger partial charge >= 0.3 is 5.97 Å². The molecule has 1 saturated carbocycles. The number of rotatable bonds is 6. The van der Waals surface area contributed by atoms with Gasteiger partial charge in [-0.05, 0) is 37.3 Å². The molecule has 18 heavy (non-hydrogen) atoms. The van der Waals surface area contributed by atoms with Gasteiger partial charge in [0.2, 0.25) is 0 Å². The number of carbonyl (C=O) groups is 1. The Balaban J connectivity index is 2.18. The van der Waals surface area contributed by atoms with Crippen LogP contribution in [0.4, 0.5) is 0 Å². The summed E-state index contributed by atoms with van der Waals surface area (Å²) in [7, 11) is 0. The van der Waals surface area contributed by atoms with Gasteiger partial charge in [-0.3, -0.25) is 5.32 Å². The molecule has 98 valence electrons. The van der Waals surface area contributed by atoms with Gasteiger partial charge in [-0.1, -0.05) is 43.7 Å². The number of benzene rings is 1. The summed E-state index contributed by atoms with van der Waals surface area (Å²) in [5.41, 5.74) is -0.0871. The van der Waals surface area contributed by atoms with E-state index < -0.39 is 11.5 Å². The molecule has 1 fully saturated rings. The number of carboxylic acid groups (broad SMARTS) is 1. The first-order chi connectivity index (χ1) is 8.69. The maximum Gasteiger partial charge on any atom is 0.328 e. The fraction of sp³-hybridized carbons (Fsp3) is 0.533. The molecule has 0 spiro atoms. The first-order valence-corrected chi connectivity index (χ1v) is 6.73. The molecule has 1 aromatic carbocycles. The summed E-state index contributed by atoms with van der Waals surface area (Å²) < 4.78 is 0. The Kier molecular flexibility index (Phi) is 4.02. The van der Waals surface area contributed by atoms with E-state index in [4.69, 9.17) is 0 Å². The fourth-order valence-electron chi connectivity index (χ4n) is 2.52. The molecule has 1 aromatic rings. The van der Waals surface area contributed by atoms with Gasteiger partial charge in [0, 0.05) is 0 Å². The smallest absolute Gasteiger partial charge is 0.328 e. The number of carboxylic acids is 1. The van der Waals surface area contributed by atoms with Gasteiger partial charge in [-0.25, -0.2) is 4.79 Å². The molecule has 3 nitrogen and oxygen atoms in total. The molecule has 3 heteroatoms. The highest BCUT2D eigenvalue weighted by Crippen LogP contribution is 2.29. The zero-order chi connectivity index (χ0) is 13.0. The normalized spacial score (nSPS) is 18.9. The molecular weight excluding hydrogens is 226 g/mol. The third kappa shape index (κ3) is 2.41. The van der Waals surface area contributed by atoms with E-state index in [0.717, 1.165) is 12.1 Å². The van der Waals surface area contributed by atoms with E-state index in [1.165, 1.54) is 19.3 Å². The van der Waals surface area contributed by atoms with Gasteiger partial charge < -0.3 is 5.11 Å². The Morgan fingerprint density at radius 1 is 1.39 bits per heavy atom. The number of hydrogen-bond acceptors (Lipinski definition) is 2. The molecule has 0 aromatic heterocycles. The Morgan fingerprint density at radius 2 is 2.06 bits per heavy atom. The van der Waals surface area contributed by atoms with E-state index in [1.54, 1.807) is 0 Å². The van der Waals surface area contributed by atoms with E-state index in [-0.39, 0.29) is 0 Å². The second kappa shape index (κ2) is 5.53. The van der Waals surface area contributed by atoms with Gasteiger partial charge in [-0.2, -0.15) is 0 Å². The molecule has 1 aliphatic carbocycles. The SMILES string of the molecule is CCC(NCC1CCC1)(C(=O)O)c1ccccc1. The van der Waals surface area contributed by atoms with Crippen molar-refractivity contribution in [3.63, 3.8) is 0 Å². The van der Waals surface area contributed by atoms with Crippen LogP contribution in [0.15, 0.2) is 30.3 Å². The minimum atomic E-state index is -0.934. The van der Waals surface area contributed by atoms with E-state index in [2.05, 4.69) is 5.32 Å². The topological polar surface area (TPSA) is 49.3 Å². The molecule has 0 bridgehead atoms. The summed E-state index contributed by atoms with van der Waals surface area (Å²) in [5, 5.41) is 12.9. The third-order valence-corrected chi connectivity index (χ3v) is 4.08. The van der Waals surface area contributed by atoms with Crippen molar-refractivity contribution in [3.8, 4) is 0 Å². The quantitative estimate of drug-likeness (QED) is 0.812. The largest absolute Gasteiger partial charge is 0.480 e. The van der Waals surface area contributed by atoms with Crippen LogP contribution in [0.5, 0.6) is 0 Å². The molecule has 2 rings (SSSR count). The molecule has 1 unspecified atom stereocenters. The molecule has 0 amide bonds. The molecule has 1 aliphatic rings. The second-order valence-corrected chi connectivity index (χ2v) is 5.11. The van der Waals surface area contributed by atoms with Crippen LogP contribution in [0.25, 0.3) is 0 Å². The predicted octanol–water partition coefficient (Wildman–Crippen LogP) is 2.77. The molecule has 0 saturated heterocycles. The van der Waals surface area contributed by atoms with E-state index in [9.17, 15) is 9.90 Å². The molecule has 0 heterocycles. The Bertz CT molecular complexity index is 400. The lowest BCUT2D eigenvalue weighted by Crippen LogP contribution is -2.51. The zero-order valence-electron chi connectivity index (χ0n) is 10.9. The van der Waals surface area contributed by atoms with E-state index >= 15 is 0 Å². The van der Waals surface area contributed by atoms with Gasteiger partial charge in [0.1, 0.15) is 5.54 Å². The average molecular weight is 247 g/mol. The van der Waals surface area contributed by atoms with Crippen molar-refractivity contribution in [1.82, 2.24) is 5.32 Å². The fourth-order valence-corrected chi connectivity index (χ4v) is 2.52. The highest BCUT2D eigenvalue weighted by molar-refractivity contribution is 5.80. The maximum atomic E-state index is 11.7. The van der Waals surface area contributed by atoms with Crippen LogP contribution in [0.2, 0.25) is 0 Å². The average Bonchev–Trinajstić information content (AvgIpc) is 2.33. The van der Waals surface area contributed by atoms with Crippen molar-refractivity contribution in [2.24, 2.45) is 5.92 Å². The van der Waals surface area contributed by atoms with Crippen LogP contribution < -0.4 is 5.32 Å². The van der Waals surface area contributed by atoms with Crippen LogP contribution in [0.1, 0.15) is 38.2 Å². The first-order valence-electron chi connectivity index (χ1n) is 6.73. The van der Waals surface area contributed by atoms with Crippen molar-refractivity contribution in [2.45, 2.75) is 38.1 Å². The summed E-state index contributed by atoms with van der Waals surface area (Å²) in [6, 6.07) is 9.50. The summed E-state index contributed by atoms with van der Waals surface area (Å²) in [6.45, 7) is 2.73. The number of hydrogen-bond donors (Lipinski definition) is 2. The van der Waals surface area contributed by atoms with Crippen LogP contribution >= 0.6 is 0 Å². The molecular formula is C15H21NO2. The first kappa shape index (κ1) is 13.1. The van der Waals surface area contributed by atoms with E-state index in [0.29, 0.717) is 12.3 Å². The third-order valence-electron chi connectivity index (χ3n) is 4.08. The lowest BCUT2D eigenvalue weighted by Gasteiger charge is -2.34. The van der Waals surface area contributed by atoms with Crippen molar-refractivity contribution >= 4 is 5.97 Å². The summed E-state index contributed by atoms with van der Waals surface area (Å²) >= 11 is 0. The van der Waals surface area contributed by atoms with Gasteiger partial charge in [0.25, 0.3) is 0 Å². The van der Waals surface area contributed by atoms with Crippen LogP contribution in [0, 0.1) is 5.92 Å². The zero-order valence-corrected chi connectivity index (χ0v) is 10.9. The standard InChI is InChI=1S/C15H21NO2/c1-2-15(14(17)18,13-9-4-3-5-10-13)16-11-12-7-6-8-12/h3-5,9-10,12,16H,2,6-8,11H2,1H3,(H,17,18). The Morgan fingerprint density at radius 3 is 2.50 bits per heavy atom. The van der Waals surface area contributed by atoms with Crippen LogP contribution in [0.3, 0.4) is 0 Å². The highest BCUT2D eigenvalue weighted by Gasteiger charge is 2.38. The van der Waals surface area contributed by atoms with Gasteiger partial charge in [0.05, 0.1) is 0 Å². The van der Waals surface area contributed by atoms with Gasteiger partial charge in [0.15, 0.2) is 0 Å². The molecule has 0 aliphatic heterocycles. The van der Waals surface area contributed by atoms with Crippen molar-refractivity contribution in [2.75, 3.05) is 6.54 Å². The van der Waals surface area contributed by atoms with Crippen LogP contribution in [-0.4, -0.2) is 17.6 Å². The lowest BCUT2D eigenvalue weighted by molar-refractivity contribution is -0.145. The second-order valence-electron chi connectivity index (χ2n) is 5.11. The summed E-state index contributed by atoms with van der Waals surface area (Å²) in [5.74, 6) is -0.130. The highest BCUT2D eigenvalue weighted by atomic mass is 16.4. The molecule has 2 N–H and O–H groups in total. The van der Waals surface area contributed by atoms with Crippen molar-refractivity contribution in [3.05, 3.63) is 35.9 Å². The predicted molar refractivity (Wildman–Crippen MR) is 71.4 cm³/mol. The lowest BCUT2D eigenvalue weighted by atomic mass is 9.82. The maximum absolute atomic E-state index is 11.7. The van der Waals surface area contributed by atoms with Crippen molar-refractivity contribution in [1.29, 1.82) is 0 Å². The van der Waals surface area contributed by atoms with Gasteiger partial charge in [-0.15, -0.1) is 0 Å². The summed E-state index contributed by atoms with van der Waals surface area (Å²) in [4.78, 5) is 11.7. The van der Waals surface area contributed by atoms with Crippen molar-refractivity contribution < 1.29 is 9.90 Å². The number of aliphatic carboxylic acids is 1. The molecule has 0 radical (unpaired) electrons.